The van der Waals surface area contributed by atoms with Gasteiger partial charge < -0.3 is 95.7 Å². The van der Waals surface area contributed by atoms with Crippen LogP contribution in [-0.2, 0) is 155 Å². The van der Waals surface area contributed by atoms with Crippen LogP contribution in [0, 0.1) is 0 Å². The normalized spacial score (nSPS) is 28.4. The fourth-order valence-corrected chi connectivity index (χ4v) is 13.4. The highest BCUT2D eigenvalue weighted by Gasteiger charge is 2.60. The molecule has 0 bridgehead atoms. The van der Waals surface area contributed by atoms with Gasteiger partial charge in [-0.25, -0.2) is 0 Å². The standard InChI is InChI=1S/C83H95NO24/c1-52-70(94-44-60-32-18-9-19-33-60)76(95-45-61-34-20-10-21-35-61)78(96-46-62-36-22-11-23-37-62)83(99-52)107-74-68(84-53(2)85)80(103-65(49-91-42-58-28-14-7-15-29-58)72(74)106-82-75(102-57(6)89)69(90)71(100-55(4)87)67(105-82)51-93-54(3)86)108-77-73(101-56(5)88)66(50-92-43-59-30-16-8-17-31-59)104-81(98-48-64-40-26-13-27-41-64)79(77)97-47-63-38-24-12-25-39-63/h7-41,52,65-83,90H,42-51H2,1-6H3,(H,84,85)/t52-,65+,66+,67+,68+,69-,70+,71-,72+,73-,74+,75+,76+,77-,78-,79+,80-,81-,82-,83-/m0/s1. The first kappa shape index (κ1) is 80.3. The second-order valence-electron chi connectivity index (χ2n) is 26.7. The molecule has 0 unspecified atom stereocenters. The summed E-state index contributed by atoms with van der Waals surface area (Å²) in [5.74, 6) is -3.91. The molecule has 4 fully saturated rings. The van der Waals surface area contributed by atoms with Gasteiger partial charge in [0.25, 0.3) is 0 Å². The number of hydrogen-bond acceptors (Lipinski definition) is 24. The van der Waals surface area contributed by atoms with Crippen LogP contribution in [0.2, 0.25) is 0 Å². The number of benzene rings is 7. The average Bonchev–Trinajstić information content (AvgIpc) is 0.756. The van der Waals surface area contributed by atoms with Crippen LogP contribution in [-0.4, -0.2) is 177 Å². The molecule has 1 amide bonds. The Labute approximate surface area is 628 Å². The van der Waals surface area contributed by atoms with Crippen LogP contribution >= 0.6 is 0 Å². The third kappa shape index (κ3) is 23.2. The lowest BCUT2D eigenvalue weighted by Gasteiger charge is -2.53. The molecule has 11 rings (SSSR count). The molecular weight excluding hydrogens is 1390 g/mol. The van der Waals surface area contributed by atoms with Crippen molar-refractivity contribution < 1.29 is 114 Å². The van der Waals surface area contributed by atoms with E-state index in [2.05, 4.69) is 5.32 Å². The molecule has 0 aliphatic carbocycles. The molecule has 20 atom stereocenters. The lowest BCUT2D eigenvalue weighted by Crippen LogP contribution is -2.71. The van der Waals surface area contributed by atoms with Gasteiger partial charge in [0.1, 0.15) is 79.8 Å². The largest absolute Gasteiger partial charge is 0.463 e. The topological polar surface area (TPSA) is 284 Å². The van der Waals surface area contributed by atoms with E-state index in [9.17, 15) is 29.1 Å². The van der Waals surface area contributed by atoms with E-state index in [0.29, 0.717) is 0 Å². The third-order valence-electron chi connectivity index (χ3n) is 18.4. The van der Waals surface area contributed by atoms with E-state index in [0.717, 1.165) is 59.7 Å². The SMILES string of the molecule is CC(=O)N[C@H]1[C@H](O[C@H]2[C@@H](OC(C)=O)[C@@H](COCc3ccccc3)O[C@H](OCc3ccccc3)[C@@H]2OCc2ccccc2)O[C@H](COCc2ccccc2)[C@@H](O[C@@H]2O[C@H](COC(C)=O)[C@H](OC(C)=O)[C@H](O)[C@H]2OC(C)=O)[C@@H]1O[C@@H]1O[C@@H](C)[C@@H](OCc2ccccc2)[C@@H](OCc2ccccc2)[C@@H]1OCc1ccccc1. The fraction of sp³-hybridized carbons (Fsp3) is 0.434. The van der Waals surface area contributed by atoms with Gasteiger partial charge in [-0.3, -0.25) is 24.0 Å². The van der Waals surface area contributed by atoms with Gasteiger partial charge >= 0.3 is 23.9 Å². The van der Waals surface area contributed by atoms with Gasteiger partial charge in [0, 0.05) is 34.6 Å². The molecule has 2 N–H and O–H groups in total. The van der Waals surface area contributed by atoms with Gasteiger partial charge in [-0.05, 0) is 45.9 Å². The molecule has 4 saturated heterocycles. The number of carbonyl (C=O) groups excluding carboxylic acids is 5. The number of aliphatic hydroxyl groups is 1. The molecule has 108 heavy (non-hydrogen) atoms. The van der Waals surface area contributed by atoms with Gasteiger partial charge in [0.15, 0.2) is 43.5 Å². The van der Waals surface area contributed by atoms with Crippen molar-refractivity contribution in [3.63, 3.8) is 0 Å². The van der Waals surface area contributed by atoms with Crippen molar-refractivity contribution in [2.75, 3.05) is 19.8 Å². The van der Waals surface area contributed by atoms with Gasteiger partial charge in [0.2, 0.25) is 5.91 Å². The van der Waals surface area contributed by atoms with Crippen LogP contribution in [0.5, 0.6) is 0 Å². The van der Waals surface area contributed by atoms with E-state index in [1.807, 2.05) is 219 Å². The molecule has 0 saturated carbocycles. The molecular formula is C83H95NO24. The number of carbonyl (C=O) groups is 5. The Bertz CT molecular complexity index is 3860. The van der Waals surface area contributed by atoms with Crippen molar-refractivity contribution in [2.24, 2.45) is 0 Å². The van der Waals surface area contributed by atoms with Crippen molar-refractivity contribution in [1.29, 1.82) is 0 Å². The van der Waals surface area contributed by atoms with Crippen LogP contribution in [0.3, 0.4) is 0 Å². The molecule has 7 aromatic carbocycles. The zero-order chi connectivity index (χ0) is 75.7. The second kappa shape index (κ2) is 40.6. The molecule has 7 aromatic rings. The van der Waals surface area contributed by atoms with E-state index >= 15 is 0 Å². The summed E-state index contributed by atoms with van der Waals surface area (Å²) in [6, 6.07) is 64.5. The Hall–Kier alpha value is -8.71. The summed E-state index contributed by atoms with van der Waals surface area (Å²) >= 11 is 0. The number of esters is 4. The van der Waals surface area contributed by atoms with E-state index in [1.165, 1.54) is 13.8 Å². The predicted molar refractivity (Wildman–Crippen MR) is 385 cm³/mol. The van der Waals surface area contributed by atoms with Crippen molar-refractivity contribution in [1.82, 2.24) is 5.32 Å². The maximum absolute atomic E-state index is 14.6. The number of rotatable bonds is 35. The van der Waals surface area contributed by atoms with Gasteiger partial charge in [-0.1, -0.05) is 212 Å². The van der Waals surface area contributed by atoms with Gasteiger partial charge in [-0.2, -0.15) is 0 Å². The van der Waals surface area contributed by atoms with Crippen LogP contribution in [0.25, 0.3) is 0 Å². The Kier molecular flexibility index (Phi) is 30.2. The Morgan fingerprint density at radius 2 is 0.657 bits per heavy atom. The maximum atomic E-state index is 14.6. The number of aliphatic hydroxyl groups excluding tert-OH is 1. The first-order valence-corrected chi connectivity index (χ1v) is 36.2. The number of ether oxygens (including phenoxy) is 18. The molecule has 4 aliphatic rings. The van der Waals surface area contributed by atoms with Gasteiger partial charge in [0.05, 0.1) is 65.6 Å². The fourth-order valence-electron chi connectivity index (χ4n) is 13.4. The van der Waals surface area contributed by atoms with Crippen molar-refractivity contribution in [3.05, 3.63) is 251 Å². The Morgan fingerprint density at radius 3 is 1.09 bits per heavy atom. The van der Waals surface area contributed by atoms with E-state index < -0.39 is 166 Å². The van der Waals surface area contributed by atoms with Crippen LogP contribution in [0.15, 0.2) is 212 Å². The number of amides is 1. The second-order valence-corrected chi connectivity index (χ2v) is 26.7. The Balaban J connectivity index is 1.08. The summed E-state index contributed by atoms with van der Waals surface area (Å²) in [4.78, 5) is 67.4. The quantitative estimate of drug-likeness (QED) is 0.0276. The van der Waals surface area contributed by atoms with Crippen molar-refractivity contribution in [2.45, 2.75) is 211 Å². The minimum atomic E-state index is -1.93. The molecule has 0 aromatic heterocycles. The van der Waals surface area contributed by atoms with Crippen molar-refractivity contribution >= 4 is 29.8 Å². The molecule has 0 radical (unpaired) electrons. The maximum Gasteiger partial charge on any atom is 0.303 e. The van der Waals surface area contributed by atoms with Gasteiger partial charge in [-0.15, -0.1) is 0 Å². The molecule has 4 aliphatic heterocycles. The molecule has 25 nitrogen and oxygen atoms in total. The number of nitrogens with one attached hydrogen (secondary N) is 1. The van der Waals surface area contributed by atoms with E-state index in [-0.39, 0.29) is 52.9 Å². The highest BCUT2D eigenvalue weighted by atomic mass is 16.8. The van der Waals surface area contributed by atoms with Crippen LogP contribution in [0.4, 0.5) is 0 Å². The zero-order valence-corrected chi connectivity index (χ0v) is 61.2. The highest BCUT2D eigenvalue weighted by molar-refractivity contribution is 5.73. The molecule has 25 heteroatoms. The van der Waals surface area contributed by atoms with Crippen LogP contribution < -0.4 is 5.32 Å². The predicted octanol–water partition coefficient (Wildman–Crippen LogP) is 9.28. The lowest BCUT2D eigenvalue weighted by molar-refractivity contribution is -0.391. The van der Waals surface area contributed by atoms with E-state index in [4.69, 9.17) is 85.3 Å². The Morgan fingerprint density at radius 1 is 0.324 bits per heavy atom. The summed E-state index contributed by atoms with van der Waals surface area (Å²) in [6.07, 6.45) is -27.5. The minimum absolute atomic E-state index is 0.000609. The monoisotopic (exact) mass is 1490 g/mol. The molecule has 0 spiro atoms. The van der Waals surface area contributed by atoms with Crippen molar-refractivity contribution in [3.8, 4) is 0 Å². The van der Waals surface area contributed by atoms with Crippen LogP contribution in [0.1, 0.15) is 80.5 Å². The first-order chi connectivity index (χ1) is 52.5. The molecule has 4 heterocycles. The zero-order valence-electron chi connectivity index (χ0n) is 61.2. The first-order valence-electron chi connectivity index (χ1n) is 36.2. The summed E-state index contributed by atoms with van der Waals surface area (Å²) in [5.41, 5.74) is 5.57. The lowest BCUT2D eigenvalue weighted by atomic mass is 9.93. The third-order valence-corrected chi connectivity index (χ3v) is 18.4. The number of hydrogen-bond donors (Lipinski definition) is 2. The molecule has 576 valence electrons. The summed E-state index contributed by atoms with van der Waals surface area (Å²) in [5, 5.41) is 15.5. The summed E-state index contributed by atoms with van der Waals surface area (Å²) in [7, 11) is 0. The van der Waals surface area contributed by atoms with E-state index in [1.54, 1.807) is 0 Å². The minimum Gasteiger partial charge on any atom is -0.463 e. The summed E-state index contributed by atoms with van der Waals surface area (Å²) < 4.78 is 122. The highest BCUT2D eigenvalue weighted by Crippen LogP contribution is 2.40. The summed E-state index contributed by atoms with van der Waals surface area (Å²) in [6.45, 7) is 6.71. The average molecular weight is 1490 g/mol. The smallest absolute Gasteiger partial charge is 0.303 e.